The van der Waals surface area contributed by atoms with E-state index in [4.69, 9.17) is 9.47 Å². The number of quaternary nitrogens is 1. The fourth-order valence-corrected chi connectivity index (χ4v) is 1.37. The summed E-state index contributed by atoms with van der Waals surface area (Å²) in [6.07, 6.45) is 1.20. The maximum atomic E-state index is 5.61. The predicted molar refractivity (Wildman–Crippen MR) is 65.0 cm³/mol. The molecule has 0 saturated heterocycles. The molecule has 0 aliphatic rings. The predicted octanol–water partition coefficient (Wildman–Crippen LogP) is 1.44. The van der Waals surface area contributed by atoms with Gasteiger partial charge in [0.2, 0.25) is 0 Å². The third-order valence-electron chi connectivity index (χ3n) is 2.66. The summed E-state index contributed by atoms with van der Waals surface area (Å²) < 4.78 is 10.7. The quantitative estimate of drug-likeness (QED) is 0.711. The largest absolute Gasteiger partial charge is 0.497 e. The molecule has 0 radical (unpaired) electrons. The van der Waals surface area contributed by atoms with E-state index >= 15 is 0 Å². The van der Waals surface area contributed by atoms with Gasteiger partial charge in [0.1, 0.15) is 24.7 Å². The van der Waals surface area contributed by atoms with Crippen LogP contribution in [0.15, 0.2) is 24.3 Å². The molecule has 3 nitrogen and oxygen atoms in total. The lowest BCUT2D eigenvalue weighted by molar-refractivity contribution is -0.686. The van der Waals surface area contributed by atoms with E-state index in [0.717, 1.165) is 24.7 Å². The lowest BCUT2D eigenvalue weighted by atomic mass is 10.3. The van der Waals surface area contributed by atoms with Crippen molar-refractivity contribution >= 4 is 0 Å². The molecule has 0 fully saturated rings. The summed E-state index contributed by atoms with van der Waals surface area (Å²) >= 11 is 0. The van der Waals surface area contributed by atoms with E-state index in [1.807, 2.05) is 24.3 Å². The van der Waals surface area contributed by atoms with Gasteiger partial charge in [0.15, 0.2) is 0 Å². The zero-order valence-electron chi connectivity index (χ0n) is 10.4. The van der Waals surface area contributed by atoms with Crippen molar-refractivity contribution in [2.24, 2.45) is 0 Å². The van der Waals surface area contributed by atoms with Crippen molar-refractivity contribution < 1.29 is 14.8 Å². The average Bonchev–Trinajstić information content (AvgIpc) is 2.35. The van der Waals surface area contributed by atoms with Gasteiger partial charge in [-0.25, -0.2) is 0 Å². The third-order valence-corrected chi connectivity index (χ3v) is 2.66. The molecule has 0 spiro atoms. The molecular weight excluding hydrogens is 202 g/mol. The van der Waals surface area contributed by atoms with E-state index in [9.17, 15) is 0 Å². The van der Waals surface area contributed by atoms with Crippen LogP contribution in [0.25, 0.3) is 0 Å². The highest BCUT2D eigenvalue weighted by molar-refractivity contribution is 5.30. The fourth-order valence-electron chi connectivity index (χ4n) is 1.37. The second kappa shape index (κ2) is 7.12. The highest BCUT2D eigenvalue weighted by Gasteiger charge is 2.00. The Morgan fingerprint density at radius 3 is 2.38 bits per heavy atom. The molecule has 1 rings (SSSR count). The minimum Gasteiger partial charge on any atom is -0.497 e. The fraction of sp³-hybridized carbons (Fsp3) is 0.538. The molecule has 0 bridgehead atoms. The highest BCUT2D eigenvalue weighted by Crippen LogP contribution is 2.16. The van der Waals surface area contributed by atoms with Gasteiger partial charge in [-0.2, -0.15) is 0 Å². The number of rotatable bonds is 7. The molecule has 1 aromatic rings. The number of ether oxygens (including phenoxy) is 2. The van der Waals surface area contributed by atoms with E-state index in [-0.39, 0.29) is 0 Å². The van der Waals surface area contributed by atoms with Crippen LogP contribution in [0.2, 0.25) is 0 Å². The highest BCUT2D eigenvalue weighted by atomic mass is 16.5. The van der Waals surface area contributed by atoms with Crippen molar-refractivity contribution in [2.45, 2.75) is 26.3 Å². The monoisotopic (exact) mass is 224 g/mol. The molecule has 16 heavy (non-hydrogen) atoms. The summed E-state index contributed by atoms with van der Waals surface area (Å²) in [6.45, 7) is 6.18. The number of nitrogens with two attached hydrogens (primary N) is 1. The molecule has 0 aliphatic heterocycles. The minimum atomic E-state index is 0.680. The first kappa shape index (κ1) is 12.8. The number of benzene rings is 1. The minimum absolute atomic E-state index is 0.680. The summed E-state index contributed by atoms with van der Waals surface area (Å²) in [5.41, 5.74) is 0. The molecule has 0 unspecified atom stereocenters. The van der Waals surface area contributed by atoms with Gasteiger partial charge in [-0.15, -0.1) is 0 Å². The van der Waals surface area contributed by atoms with E-state index in [1.165, 1.54) is 6.42 Å². The Morgan fingerprint density at radius 1 is 1.19 bits per heavy atom. The van der Waals surface area contributed by atoms with Gasteiger partial charge in [0, 0.05) is 0 Å². The topological polar surface area (TPSA) is 35.1 Å². The standard InChI is InChI=1S/C13H21NO2/c1-4-11(2)14-9-10-16-13-7-5-12(15-3)6-8-13/h5-8,11,14H,4,9-10H2,1-3H3/p+1/t11-/m0/s1. The summed E-state index contributed by atoms with van der Waals surface area (Å²) in [4.78, 5) is 0. The van der Waals surface area contributed by atoms with Crippen LogP contribution in [0.4, 0.5) is 0 Å². The van der Waals surface area contributed by atoms with Crippen LogP contribution >= 0.6 is 0 Å². The van der Waals surface area contributed by atoms with Gasteiger partial charge in [-0.05, 0) is 37.6 Å². The molecule has 90 valence electrons. The molecule has 1 atom stereocenters. The molecule has 0 amide bonds. The number of hydrogen-bond donors (Lipinski definition) is 1. The van der Waals surface area contributed by atoms with Crippen LogP contribution in [0.5, 0.6) is 11.5 Å². The smallest absolute Gasteiger partial charge is 0.137 e. The van der Waals surface area contributed by atoms with Crippen LogP contribution in [-0.4, -0.2) is 26.3 Å². The first-order valence-corrected chi connectivity index (χ1v) is 5.86. The summed E-state index contributed by atoms with van der Waals surface area (Å²) in [7, 11) is 1.66. The molecule has 1 aromatic carbocycles. The molecule has 0 saturated carbocycles. The lowest BCUT2D eigenvalue weighted by Crippen LogP contribution is -2.90. The molecule has 3 heteroatoms. The third kappa shape index (κ3) is 4.53. The van der Waals surface area contributed by atoms with E-state index in [1.54, 1.807) is 7.11 Å². The zero-order chi connectivity index (χ0) is 11.8. The first-order valence-electron chi connectivity index (χ1n) is 5.86. The van der Waals surface area contributed by atoms with Gasteiger partial charge < -0.3 is 14.8 Å². The Balaban J connectivity index is 2.21. The van der Waals surface area contributed by atoms with Crippen molar-refractivity contribution in [3.05, 3.63) is 24.3 Å². The normalized spacial score (nSPS) is 12.2. The van der Waals surface area contributed by atoms with Crippen LogP contribution in [0, 0.1) is 0 Å². The maximum Gasteiger partial charge on any atom is 0.137 e. The Labute approximate surface area is 97.8 Å². The van der Waals surface area contributed by atoms with Gasteiger partial charge in [-0.1, -0.05) is 6.92 Å². The van der Waals surface area contributed by atoms with Crippen LogP contribution in [-0.2, 0) is 0 Å². The first-order chi connectivity index (χ1) is 7.76. The summed E-state index contributed by atoms with van der Waals surface area (Å²) in [5, 5.41) is 2.31. The van der Waals surface area contributed by atoms with E-state index < -0.39 is 0 Å². The SMILES string of the molecule is CC[C@H](C)[NH2+]CCOc1ccc(OC)cc1. The Hall–Kier alpha value is -1.22. The summed E-state index contributed by atoms with van der Waals surface area (Å²) in [6, 6.07) is 8.37. The number of hydrogen-bond acceptors (Lipinski definition) is 2. The van der Waals surface area contributed by atoms with E-state index in [0.29, 0.717) is 6.04 Å². The van der Waals surface area contributed by atoms with Gasteiger partial charge in [0.25, 0.3) is 0 Å². The average molecular weight is 224 g/mol. The van der Waals surface area contributed by atoms with Crippen LogP contribution in [0.3, 0.4) is 0 Å². The zero-order valence-corrected chi connectivity index (χ0v) is 10.4. The van der Waals surface area contributed by atoms with Crippen LogP contribution < -0.4 is 14.8 Å². The van der Waals surface area contributed by atoms with Gasteiger partial charge >= 0.3 is 0 Å². The van der Waals surface area contributed by atoms with Crippen molar-refractivity contribution in [3.8, 4) is 11.5 Å². The molecule has 0 aromatic heterocycles. The van der Waals surface area contributed by atoms with E-state index in [2.05, 4.69) is 19.2 Å². The van der Waals surface area contributed by atoms with Crippen LogP contribution in [0.1, 0.15) is 20.3 Å². The Morgan fingerprint density at radius 2 is 1.81 bits per heavy atom. The Bertz CT molecular complexity index is 284. The summed E-state index contributed by atoms with van der Waals surface area (Å²) in [5.74, 6) is 1.76. The molecular formula is C13H22NO2+. The van der Waals surface area contributed by atoms with Crippen molar-refractivity contribution in [3.63, 3.8) is 0 Å². The molecule has 0 heterocycles. The second-order valence-electron chi connectivity index (χ2n) is 3.93. The Kier molecular flexibility index (Phi) is 5.72. The molecule has 2 N–H and O–H groups in total. The second-order valence-corrected chi connectivity index (χ2v) is 3.93. The van der Waals surface area contributed by atoms with Gasteiger partial charge in [0.05, 0.1) is 13.2 Å². The maximum absolute atomic E-state index is 5.61. The van der Waals surface area contributed by atoms with Gasteiger partial charge in [-0.3, -0.25) is 0 Å². The lowest BCUT2D eigenvalue weighted by Gasteiger charge is -2.09. The van der Waals surface area contributed by atoms with Crippen molar-refractivity contribution in [1.82, 2.24) is 0 Å². The molecule has 0 aliphatic carbocycles. The van der Waals surface area contributed by atoms with Crippen molar-refractivity contribution in [2.75, 3.05) is 20.3 Å². The number of methoxy groups -OCH3 is 1. The van der Waals surface area contributed by atoms with Crippen molar-refractivity contribution in [1.29, 1.82) is 0 Å².